The molecule has 4 heteroatoms. The molecule has 0 aliphatic rings. The second-order valence-electron chi connectivity index (χ2n) is 1.84. The van der Waals surface area contributed by atoms with Gasteiger partial charge in [-0.3, -0.25) is 4.98 Å². The summed E-state index contributed by atoms with van der Waals surface area (Å²) in [6.45, 7) is 3.46. The fraction of sp³-hybridized carbons (Fsp3) is 0. The van der Waals surface area contributed by atoms with Crippen LogP contribution in [0.5, 0.6) is 0 Å². The van der Waals surface area contributed by atoms with E-state index in [1.807, 2.05) is 0 Å². The van der Waals surface area contributed by atoms with Gasteiger partial charge in [-0.25, -0.2) is 9.78 Å². The lowest BCUT2D eigenvalue weighted by Gasteiger charge is -1.92. The lowest BCUT2D eigenvalue weighted by Crippen LogP contribution is -2.00. The maximum Gasteiger partial charge on any atom is 0.356 e. The van der Waals surface area contributed by atoms with E-state index in [1.54, 1.807) is 0 Å². The van der Waals surface area contributed by atoms with Crippen molar-refractivity contribution in [1.29, 1.82) is 0 Å². The van der Waals surface area contributed by atoms with Gasteiger partial charge in [-0.2, -0.15) is 0 Å². The molecule has 1 aromatic rings. The van der Waals surface area contributed by atoms with E-state index in [-0.39, 0.29) is 5.69 Å². The molecule has 0 aliphatic carbocycles. The molecule has 56 valence electrons. The lowest BCUT2D eigenvalue weighted by molar-refractivity contribution is 0.0690. The molecule has 0 amide bonds. The monoisotopic (exact) mass is 150 g/mol. The minimum atomic E-state index is -1.08. The summed E-state index contributed by atoms with van der Waals surface area (Å²) < 4.78 is 0. The molecule has 0 unspecified atom stereocenters. The lowest BCUT2D eigenvalue weighted by atomic mass is 10.4. The summed E-state index contributed by atoms with van der Waals surface area (Å²) in [5, 5.41) is 8.42. The number of rotatable bonds is 2. The summed E-state index contributed by atoms with van der Waals surface area (Å²) in [5.41, 5.74) is 0.505. The molecule has 0 radical (unpaired) electrons. The highest BCUT2D eigenvalue weighted by Crippen LogP contribution is 1.95. The molecule has 0 aliphatic heterocycles. The van der Waals surface area contributed by atoms with E-state index in [2.05, 4.69) is 16.5 Å². The number of aromatic carboxylic acids is 1. The third-order valence-corrected chi connectivity index (χ3v) is 1.10. The first-order valence-electron chi connectivity index (χ1n) is 2.92. The van der Waals surface area contributed by atoms with Crippen LogP contribution < -0.4 is 0 Å². The van der Waals surface area contributed by atoms with E-state index in [9.17, 15) is 4.79 Å². The van der Waals surface area contributed by atoms with Crippen molar-refractivity contribution < 1.29 is 9.90 Å². The van der Waals surface area contributed by atoms with Gasteiger partial charge in [0.2, 0.25) is 0 Å². The molecule has 0 fully saturated rings. The normalized spacial score (nSPS) is 9.09. The van der Waals surface area contributed by atoms with Gasteiger partial charge in [0.1, 0.15) is 0 Å². The van der Waals surface area contributed by atoms with Gasteiger partial charge in [-0.05, 0) is 6.08 Å². The number of carboxylic acids is 1. The van der Waals surface area contributed by atoms with Crippen molar-refractivity contribution in [1.82, 2.24) is 9.97 Å². The van der Waals surface area contributed by atoms with E-state index in [0.29, 0.717) is 5.69 Å². The maximum absolute atomic E-state index is 10.3. The van der Waals surface area contributed by atoms with E-state index in [1.165, 1.54) is 18.5 Å². The Labute approximate surface area is 63.2 Å². The predicted molar refractivity (Wildman–Crippen MR) is 39.1 cm³/mol. The Morgan fingerprint density at radius 2 is 2.27 bits per heavy atom. The standard InChI is InChI=1S/C7H6N2O2/c1-2-5-3-9-6(4-8-5)7(10)11/h2-4H,1H2,(H,10,11). The fourth-order valence-corrected chi connectivity index (χ4v) is 0.554. The first kappa shape index (κ1) is 7.40. The molecule has 1 aromatic heterocycles. The highest BCUT2D eigenvalue weighted by atomic mass is 16.4. The summed E-state index contributed by atoms with van der Waals surface area (Å²) in [7, 11) is 0. The number of carboxylic acid groups (broad SMARTS) is 1. The Morgan fingerprint density at radius 1 is 1.55 bits per heavy atom. The summed E-state index contributed by atoms with van der Waals surface area (Å²) in [4.78, 5) is 17.6. The third-order valence-electron chi connectivity index (χ3n) is 1.10. The van der Waals surface area contributed by atoms with E-state index in [0.717, 1.165) is 0 Å². The van der Waals surface area contributed by atoms with Crippen LogP contribution >= 0.6 is 0 Å². The molecule has 0 aromatic carbocycles. The third kappa shape index (κ3) is 1.61. The Morgan fingerprint density at radius 3 is 2.64 bits per heavy atom. The number of carbonyl (C=O) groups is 1. The molecule has 4 nitrogen and oxygen atoms in total. The molecule has 0 bridgehead atoms. The summed E-state index contributed by atoms with van der Waals surface area (Å²) >= 11 is 0. The smallest absolute Gasteiger partial charge is 0.356 e. The molecule has 1 N–H and O–H groups in total. The quantitative estimate of drug-likeness (QED) is 0.677. The van der Waals surface area contributed by atoms with Crippen LogP contribution in [0.4, 0.5) is 0 Å². The Kier molecular flexibility index (Phi) is 1.96. The first-order valence-corrected chi connectivity index (χ1v) is 2.92. The fourth-order valence-electron chi connectivity index (χ4n) is 0.554. The Bertz CT molecular complexity index is 279. The molecule has 11 heavy (non-hydrogen) atoms. The van der Waals surface area contributed by atoms with Crippen molar-refractivity contribution in [2.45, 2.75) is 0 Å². The average Bonchev–Trinajstić information content (AvgIpc) is 2.05. The Balaban J connectivity index is 3.00. The maximum atomic E-state index is 10.3. The molecular weight excluding hydrogens is 144 g/mol. The minimum Gasteiger partial charge on any atom is -0.476 e. The van der Waals surface area contributed by atoms with Crippen LogP contribution in [0.3, 0.4) is 0 Å². The van der Waals surface area contributed by atoms with Crippen LogP contribution in [0.2, 0.25) is 0 Å². The van der Waals surface area contributed by atoms with Gasteiger partial charge < -0.3 is 5.11 Å². The minimum absolute atomic E-state index is 0.0596. The van der Waals surface area contributed by atoms with Crippen molar-refractivity contribution >= 4 is 12.0 Å². The highest BCUT2D eigenvalue weighted by Gasteiger charge is 2.02. The van der Waals surface area contributed by atoms with E-state index < -0.39 is 5.97 Å². The number of nitrogens with zero attached hydrogens (tertiary/aromatic N) is 2. The molecular formula is C7H6N2O2. The van der Waals surface area contributed by atoms with Crippen molar-refractivity contribution in [3.63, 3.8) is 0 Å². The summed E-state index contributed by atoms with van der Waals surface area (Å²) in [6, 6.07) is 0. The van der Waals surface area contributed by atoms with Crippen LogP contribution in [0, 0.1) is 0 Å². The van der Waals surface area contributed by atoms with Crippen LogP contribution in [0.25, 0.3) is 6.08 Å². The van der Waals surface area contributed by atoms with Gasteiger partial charge in [0.15, 0.2) is 5.69 Å². The zero-order valence-corrected chi connectivity index (χ0v) is 5.69. The van der Waals surface area contributed by atoms with Crippen LogP contribution in [0.15, 0.2) is 19.0 Å². The van der Waals surface area contributed by atoms with Crippen molar-refractivity contribution in [2.75, 3.05) is 0 Å². The summed E-state index contributed by atoms with van der Waals surface area (Å²) in [6.07, 6.45) is 4.05. The summed E-state index contributed by atoms with van der Waals surface area (Å²) in [5.74, 6) is -1.08. The predicted octanol–water partition coefficient (Wildman–Crippen LogP) is 0.818. The SMILES string of the molecule is C=Cc1cnc(C(=O)O)cn1. The van der Waals surface area contributed by atoms with Crippen molar-refractivity contribution in [3.05, 3.63) is 30.4 Å². The second kappa shape index (κ2) is 2.92. The molecule has 0 saturated carbocycles. The molecule has 0 atom stereocenters. The second-order valence-corrected chi connectivity index (χ2v) is 1.84. The van der Waals surface area contributed by atoms with E-state index in [4.69, 9.17) is 5.11 Å². The molecule has 1 heterocycles. The van der Waals surface area contributed by atoms with Crippen molar-refractivity contribution in [2.24, 2.45) is 0 Å². The first-order chi connectivity index (χ1) is 5.24. The van der Waals surface area contributed by atoms with Crippen LogP contribution in [-0.2, 0) is 0 Å². The van der Waals surface area contributed by atoms with Crippen LogP contribution in [0.1, 0.15) is 16.2 Å². The molecule has 1 rings (SSSR count). The average molecular weight is 150 g/mol. The number of hydrogen-bond donors (Lipinski definition) is 1. The Hall–Kier alpha value is -1.71. The van der Waals surface area contributed by atoms with E-state index >= 15 is 0 Å². The molecule has 0 saturated heterocycles. The van der Waals surface area contributed by atoms with Crippen molar-refractivity contribution in [3.8, 4) is 0 Å². The van der Waals surface area contributed by atoms with Gasteiger partial charge in [0.25, 0.3) is 0 Å². The highest BCUT2D eigenvalue weighted by molar-refractivity contribution is 5.84. The zero-order chi connectivity index (χ0) is 8.27. The number of aromatic nitrogens is 2. The van der Waals surface area contributed by atoms with Gasteiger partial charge in [0.05, 0.1) is 18.1 Å². The van der Waals surface area contributed by atoms with Gasteiger partial charge in [-0.15, -0.1) is 0 Å². The van der Waals surface area contributed by atoms with Crippen LogP contribution in [-0.4, -0.2) is 21.0 Å². The molecule has 0 spiro atoms. The van der Waals surface area contributed by atoms with Gasteiger partial charge in [0, 0.05) is 0 Å². The van der Waals surface area contributed by atoms with Gasteiger partial charge in [-0.1, -0.05) is 6.58 Å². The largest absolute Gasteiger partial charge is 0.476 e. The zero-order valence-electron chi connectivity index (χ0n) is 5.69. The topological polar surface area (TPSA) is 63.1 Å². The van der Waals surface area contributed by atoms with Gasteiger partial charge >= 0.3 is 5.97 Å². The number of hydrogen-bond acceptors (Lipinski definition) is 3.